The van der Waals surface area contributed by atoms with Crippen molar-refractivity contribution in [2.75, 3.05) is 31.6 Å². The fourth-order valence-corrected chi connectivity index (χ4v) is 4.46. The van der Waals surface area contributed by atoms with E-state index in [0.717, 1.165) is 35.8 Å². The first kappa shape index (κ1) is 19.9. The van der Waals surface area contributed by atoms with E-state index in [-0.39, 0.29) is 23.8 Å². The molecule has 2 aromatic rings. The second-order valence-electron chi connectivity index (χ2n) is 7.51. The molecule has 2 amide bonds. The van der Waals surface area contributed by atoms with E-state index in [4.69, 9.17) is 9.47 Å². The monoisotopic (exact) mass is 414 g/mol. The van der Waals surface area contributed by atoms with E-state index in [1.54, 1.807) is 0 Å². The van der Waals surface area contributed by atoms with Gasteiger partial charge in [-0.15, -0.1) is 11.3 Å². The number of amides is 2. The predicted octanol–water partition coefficient (Wildman–Crippen LogP) is 3.80. The van der Waals surface area contributed by atoms with E-state index in [0.29, 0.717) is 32.5 Å². The highest BCUT2D eigenvalue weighted by Crippen LogP contribution is 2.24. The maximum absolute atomic E-state index is 12.7. The summed E-state index contributed by atoms with van der Waals surface area (Å²) in [5.74, 6) is 0.716. The number of hydrogen-bond donors (Lipinski definition) is 1. The molecule has 4 rings (SSSR count). The summed E-state index contributed by atoms with van der Waals surface area (Å²) in [5.41, 5.74) is 0.733. The van der Waals surface area contributed by atoms with Crippen LogP contribution in [0.4, 0.5) is 5.69 Å². The van der Waals surface area contributed by atoms with Crippen molar-refractivity contribution in [3.63, 3.8) is 0 Å². The van der Waals surface area contributed by atoms with Gasteiger partial charge in [-0.1, -0.05) is 12.1 Å². The molecule has 3 heterocycles. The summed E-state index contributed by atoms with van der Waals surface area (Å²) < 4.78 is 11.4. The van der Waals surface area contributed by atoms with Gasteiger partial charge >= 0.3 is 0 Å². The molecule has 1 aromatic heterocycles. The lowest BCUT2D eigenvalue weighted by Gasteiger charge is -2.31. The van der Waals surface area contributed by atoms with Crippen LogP contribution in [0.5, 0.6) is 5.75 Å². The molecule has 6 nitrogen and oxygen atoms in total. The third-order valence-corrected chi connectivity index (χ3v) is 6.30. The van der Waals surface area contributed by atoms with Crippen LogP contribution in [0.25, 0.3) is 0 Å². The highest BCUT2D eigenvalue weighted by Gasteiger charge is 2.28. The minimum Gasteiger partial charge on any atom is -0.491 e. The number of rotatable bonds is 6. The topological polar surface area (TPSA) is 67.9 Å². The number of carbonyl (C=O) groups is 2. The number of thiophene rings is 1. The number of anilines is 1. The second kappa shape index (κ2) is 9.41. The summed E-state index contributed by atoms with van der Waals surface area (Å²) in [4.78, 5) is 27.7. The fourth-order valence-electron chi connectivity index (χ4n) is 3.77. The normalized spacial score (nSPS) is 19.9. The molecule has 0 saturated carbocycles. The first-order chi connectivity index (χ1) is 14.2. The Kier molecular flexibility index (Phi) is 6.46. The van der Waals surface area contributed by atoms with E-state index in [2.05, 4.69) is 5.32 Å². The molecule has 1 N–H and O–H groups in total. The lowest BCUT2D eigenvalue weighted by molar-refractivity contribution is -0.121. The predicted molar refractivity (Wildman–Crippen MR) is 112 cm³/mol. The Bertz CT molecular complexity index is 825. The van der Waals surface area contributed by atoms with Gasteiger partial charge in [0, 0.05) is 37.4 Å². The van der Waals surface area contributed by atoms with Gasteiger partial charge in [-0.2, -0.15) is 0 Å². The summed E-state index contributed by atoms with van der Waals surface area (Å²) >= 11 is 1.46. The van der Waals surface area contributed by atoms with Crippen LogP contribution in [0.1, 0.15) is 35.4 Å². The maximum atomic E-state index is 12.7. The van der Waals surface area contributed by atoms with Gasteiger partial charge in [0.15, 0.2) is 0 Å². The Balaban J connectivity index is 1.26. The van der Waals surface area contributed by atoms with Gasteiger partial charge in [0.1, 0.15) is 12.4 Å². The zero-order valence-corrected chi connectivity index (χ0v) is 17.2. The van der Waals surface area contributed by atoms with Gasteiger partial charge in [0.25, 0.3) is 5.91 Å². The molecule has 29 heavy (non-hydrogen) atoms. The molecule has 2 fully saturated rings. The molecule has 154 valence electrons. The van der Waals surface area contributed by atoms with Crippen molar-refractivity contribution in [1.82, 2.24) is 4.90 Å². The average molecular weight is 415 g/mol. The highest BCUT2D eigenvalue weighted by molar-refractivity contribution is 7.12. The van der Waals surface area contributed by atoms with Crippen molar-refractivity contribution in [3.05, 3.63) is 46.7 Å². The van der Waals surface area contributed by atoms with Crippen molar-refractivity contribution in [2.24, 2.45) is 5.92 Å². The van der Waals surface area contributed by atoms with Gasteiger partial charge in [-0.25, -0.2) is 0 Å². The van der Waals surface area contributed by atoms with Gasteiger partial charge in [0.2, 0.25) is 5.91 Å². The Morgan fingerprint density at radius 1 is 1.17 bits per heavy atom. The summed E-state index contributed by atoms with van der Waals surface area (Å²) in [6.07, 6.45) is 3.64. The van der Waals surface area contributed by atoms with Crippen molar-refractivity contribution < 1.29 is 19.1 Å². The van der Waals surface area contributed by atoms with Gasteiger partial charge in [0.05, 0.1) is 11.0 Å². The third kappa shape index (κ3) is 5.16. The zero-order chi connectivity index (χ0) is 20.1. The molecule has 0 aliphatic carbocycles. The number of nitrogens with one attached hydrogen (secondary N) is 1. The highest BCUT2D eigenvalue weighted by atomic mass is 32.1. The van der Waals surface area contributed by atoms with Crippen LogP contribution >= 0.6 is 11.3 Å². The van der Waals surface area contributed by atoms with Crippen molar-refractivity contribution in [3.8, 4) is 5.75 Å². The van der Waals surface area contributed by atoms with E-state index >= 15 is 0 Å². The molecule has 2 saturated heterocycles. The second-order valence-corrected chi connectivity index (χ2v) is 8.45. The molecule has 0 radical (unpaired) electrons. The van der Waals surface area contributed by atoms with Crippen molar-refractivity contribution in [2.45, 2.75) is 31.8 Å². The van der Waals surface area contributed by atoms with Crippen LogP contribution in [0, 0.1) is 5.92 Å². The first-order valence-corrected chi connectivity index (χ1v) is 11.0. The number of nitrogens with zero attached hydrogens (tertiary/aromatic N) is 1. The Labute approximate surface area is 174 Å². The lowest BCUT2D eigenvalue weighted by atomic mass is 9.95. The standard InChI is InChI=1S/C22H26N2O4S/c25-21(16-8-10-24(11-9-16)22(26)20-7-3-13-29-20)23-17-4-1-5-18(14-17)28-15-19-6-2-12-27-19/h1,3-5,7,13-14,16,19H,2,6,8-12,15H2,(H,23,25)/t19-/m1/s1. The Hall–Kier alpha value is -2.38. The first-order valence-electron chi connectivity index (χ1n) is 10.2. The van der Waals surface area contributed by atoms with Crippen LogP contribution in [-0.2, 0) is 9.53 Å². The van der Waals surface area contributed by atoms with E-state index in [1.807, 2.05) is 46.7 Å². The lowest BCUT2D eigenvalue weighted by Crippen LogP contribution is -2.41. The summed E-state index contributed by atoms with van der Waals surface area (Å²) in [6.45, 7) is 2.56. The molecular formula is C22H26N2O4S. The minimum absolute atomic E-state index is 0.00417. The smallest absolute Gasteiger partial charge is 0.263 e. The summed E-state index contributed by atoms with van der Waals surface area (Å²) in [7, 11) is 0. The molecule has 0 spiro atoms. The van der Waals surface area contributed by atoms with Crippen LogP contribution in [0.3, 0.4) is 0 Å². The maximum Gasteiger partial charge on any atom is 0.263 e. The summed E-state index contributed by atoms with van der Waals surface area (Å²) in [6, 6.07) is 11.2. The molecule has 0 bridgehead atoms. The van der Waals surface area contributed by atoms with Gasteiger partial charge in [-0.05, 0) is 49.3 Å². The number of carbonyl (C=O) groups excluding carboxylic acids is 2. The van der Waals surface area contributed by atoms with Crippen molar-refractivity contribution in [1.29, 1.82) is 0 Å². The zero-order valence-electron chi connectivity index (χ0n) is 16.3. The van der Waals surface area contributed by atoms with Crippen LogP contribution < -0.4 is 10.1 Å². The van der Waals surface area contributed by atoms with Crippen LogP contribution in [0.15, 0.2) is 41.8 Å². The average Bonchev–Trinajstić information content (AvgIpc) is 3.46. The van der Waals surface area contributed by atoms with Gasteiger partial charge in [-0.3, -0.25) is 9.59 Å². The SMILES string of the molecule is O=C(Nc1cccc(OC[C@H]2CCCO2)c1)C1CCN(C(=O)c2cccs2)CC1. The minimum atomic E-state index is -0.0844. The molecule has 2 aliphatic rings. The largest absolute Gasteiger partial charge is 0.491 e. The van der Waals surface area contributed by atoms with Crippen LogP contribution in [-0.4, -0.2) is 49.1 Å². The van der Waals surface area contributed by atoms with E-state index in [1.165, 1.54) is 11.3 Å². The third-order valence-electron chi connectivity index (χ3n) is 5.45. The Morgan fingerprint density at radius 3 is 2.76 bits per heavy atom. The number of piperidine rings is 1. The molecule has 1 atom stereocenters. The van der Waals surface area contributed by atoms with Crippen molar-refractivity contribution >= 4 is 28.8 Å². The quantitative estimate of drug-likeness (QED) is 0.781. The molecule has 2 aliphatic heterocycles. The molecule has 7 heteroatoms. The number of hydrogen-bond acceptors (Lipinski definition) is 5. The number of benzene rings is 1. The van der Waals surface area contributed by atoms with E-state index < -0.39 is 0 Å². The Morgan fingerprint density at radius 2 is 2.03 bits per heavy atom. The number of ether oxygens (including phenoxy) is 2. The van der Waals surface area contributed by atoms with E-state index in [9.17, 15) is 9.59 Å². The molecule has 1 aromatic carbocycles. The van der Waals surface area contributed by atoms with Crippen LogP contribution in [0.2, 0.25) is 0 Å². The summed E-state index contributed by atoms with van der Waals surface area (Å²) in [5, 5.41) is 4.91. The number of likely N-dealkylation sites (tertiary alicyclic amines) is 1. The molecule has 0 unspecified atom stereocenters. The fraction of sp³-hybridized carbons (Fsp3) is 0.455. The molecular weight excluding hydrogens is 388 g/mol. The van der Waals surface area contributed by atoms with Gasteiger partial charge < -0.3 is 19.7 Å².